The number of aliphatic imine (C=N–C) groups is 1. The molecule has 21 heavy (non-hydrogen) atoms. The van der Waals surface area contributed by atoms with Gasteiger partial charge >= 0.3 is 0 Å². The van der Waals surface area contributed by atoms with Crippen LogP contribution >= 0.6 is 0 Å². The lowest BCUT2D eigenvalue weighted by molar-refractivity contribution is 0.453. The van der Waals surface area contributed by atoms with Crippen LogP contribution in [0, 0.1) is 5.92 Å². The van der Waals surface area contributed by atoms with Crippen molar-refractivity contribution in [1.29, 1.82) is 0 Å². The Morgan fingerprint density at radius 3 is 2.86 bits per heavy atom. The number of aromatic nitrogens is 2. The Morgan fingerprint density at radius 1 is 1.10 bits per heavy atom. The quantitative estimate of drug-likeness (QED) is 0.874. The van der Waals surface area contributed by atoms with Gasteiger partial charge in [0.25, 0.3) is 0 Å². The number of nitrogens with zero attached hydrogens (tertiary/aromatic N) is 2. The number of nitrogens with one attached hydrogen (secondary N) is 2. The van der Waals surface area contributed by atoms with Crippen molar-refractivity contribution in [3.63, 3.8) is 0 Å². The van der Waals surface area contributed by atoms with Crippen LogP contribution < -0.4 is 5.32 Å². The number of hydrogen-bond donors (Lipinski definition) is 2. The molecule has 4 rings (SSSR count). The Kier molecular flexibility index (Phi) is 3.31. The van der Waals surface area contributed by atoms with Gasteiger partial charge in [-0.2, -0.15) is 5.10 Å². The van der Waals surface area contributed by atoms with Gasteiger partial charge in [0.2, 0.25) is 0 Å². The molecule has 2 aliphatic heterocycles. The number of hydrogen-bond acceptors (Lipinski definition) is 3. The molecule has 2 N–H and O–H groups in total. The monoisotopic (exact) mass is 280 g/mol. The molecule has 1 fully saturated rings. The number of aromatic amines is 1. The van der Waals surface area contributed by atoms with Crippen LogP contribution in [0.5, 0.6) is 0 Å². The first-order chi connectivity index (χ1) is 10.4. The van der Waals surface area contributed by atoms with E-state index in [1.54, 1.807) is 0 Å². The molecule has 4 nitrogen and oxygen atoms in total. The summed E-state index contributed by atoms with van der Waals surface area (Å²) in [4.78, 5) is 4.64. The lowest BCUT2D eigenvalue weighted by Gasteiger charge is -2.22. The van der Waals surface area contributed by atoms with Gasteiger partial charge in [0.1, 0.15) is 0 Å². The third-order valence-corrected chi connectivity index (χ3v) is 4.58. The molecular weight excluding hydrogens is 260 g/mol. The van der Waals surface area contributed by atoms with Crippen molar-refractivity contribution in [2.45, 2.75) is 24.8 Å². The molecule has 0 amide bonds. The summed E-state index contributed by atoms with van der Waals surface area (Å²) < 4.78 is 0. The SMILES string of the molecule is C1=CC2C=C(c3cc(C4CCNCC4)[nH]n3)C=NC2C=C1. The molecule has 2 unspecified atom stereocenters. The van der Waals surface area contributed by atoms with E-state index in [0.717, 1.165) is 24.4 Å². The summed E-state index contributed by atoms with van der Waals surface area (Å²) in [5.41, 5.74) is 3.42. The number of allylic oxidation sites excluding steroid dienone is 3. The van der Waals surface area contributed by atoms with Gasteiger partial charge in [-0.15, -0.1) is 0 Å². The molecule has 0 spiro atoms. The van der Waals surface area contributed by atoms with Crippen molar-refractivity contribution in [1.82, 2.24) is 15.5 Å². The Hall–Kier alpha value is -1.94. The molecule has 0 aromatic carbocycles. The standard InChI is InChI=1S/C17H20N4/c1-2-4-15-13(3-1)9-14(11-19-15)17-10-16(20-21-17)12-5-7-18-8-6-12/h1-4,9-13,15,18H,5-8H2,(H,20,21). The highest BCUT2D eigenvalue weighted by Gasteiger charge is 2.22. The fraction of sp³-hybridized carbons (Fsp3) is 0.412. The predicted molar refractivity (Wildman–Crippen MR) is 85.5 cm³/mol. The van der Waals surface area contributed by atoms with Crippen LogP contribution in [0.3, 0.4) is 0 Å². The number of fused-ring (bicyclic) bond motifs is 1. The fourth-order valence-electron chi connectivity index (χ4n) is 3.31. The number of rotatable bonds is 2. The van der Waals surface area contributed by atoms with E-state index in [2.05, 4.69) is 57.0 Å². The van der Waals surface area contributed by atoms with Gasteiger partial charge in [0.05, 0.1) is 11.7 Å². The molecule has 0 bridgehead atoms. The maximum Gasteiger partial charge on any atom is 0.0935 e. The summed E-state index contributed by atoms with van der Waals surface area (Å²) in [5.74, 6) is 0.980. The van der Waals surface area contributed by atoms with Gasteiger partial charge in [-0.1, -0.05) is 30.4 Å². The first-order valence-electron chi connectivity index (χ1n) is 7.76. The number of dihydropyridines is 1. The second kappa shape index (κ2) is 5.45. The largest absolute Gasteiger partial charge is 0.317 e. The van der Waals surface area contributed by atoms with Crippen LogP contribution in [-0.2, 0) is 0 Å². The van der Waals surface area contributed by atoms with Crippen molar-refractivity contribution in [2.24, 2.45) is 10.9 Å². The van der Waals surface area contributed by atoms with Crippen LogP contribution in [0.1, 0.15) is 30.1 Å². The molecule has 1 aromatic rings. The van der Waals surface area contributed by atoms with Crippen LogP contribution in [-0.4, -0.2) is 35.5 Å². The fourth-order valence-corrected chi connectivity index (χ4v) is 3.31. The predicted octanol–water partition coefficient (Wildman–Crippen LogP) is 2.46. The van der Waals surface area contributed by atoms with Crippen LogP contribution in [0.25, 0.3) is 5.57 Å². The van der Waals surface area contributed by atoms with Gasteiger partial charge in [-0.25, -0.2) is 0 Å². The maximum atomic E-state index is 4.64. The number of piperidine rings is 1. The summed E-state index contributed by atoms with van der Waals surface area (Å²) in [6.07, 6.45) is 15.1. The van der Waals surface area contributed by atoms with E-state index in [1.807, 2.05) is 6.21 Å². The van der Waals surface area contributed by atoms with Crippen molar-refractivity contribution in [2.75, 3.05) is 13.1 Å². The van der Waals surface area contributed by atoms with Crippen molar-refractivity contribution >= 4 is 11.8 Å². The number of H-pyrrole nitrogens is 1. The minimum Gasteiger partial charge on any atom is -0.317 e. The Bertz CT molecular complexity index is 629. The van der Waals surface area contributed by atoms with Gasteiger partial charge in [-0.3, -0.25) is 10.1 Å². The average Bonchev–Trinajstić information content (AvgIpc) is 3.05. The summed E-state index contributed by atoms with van der Waals surface area (Å²) in [7, 11) is 0. The second-order valence-corrected chi connectivity index (χ2v) is 5.97. The summed E-state index contributed by atoms with van der Waals surface area (Å²) in [5, 5.41) is 11.1. The van der Waals surface area contributed by atoms with E-state index in [-0.39, 0.29) is 6.04 Å². The van der Waals surface area contributed by atoms with E-state index in [0.29, 0.717) is 11.8 Å². The lowest BCUT2D eigenvalue weighted by atomic mass is 9.90. The van der Waals surface area contributed by atoms with Crippen molar-refractivity contribution in [3.8, 4) is 0 Å². The summed E-state index contributed by atoms with van der Waals surface area (Å²) in [6, 6.07) is 2.47. The smallest absolute Gasteiger partial charge is 0.0935 e. The Balaban J connectivity index is 1.55. The molecule has 1 saturated heterocycles. The highest BCUT2D eigenvalue weighted by Crippen LogP contribution is 2.29. The molecule has 1 aromatic heterocycles. The first kappa shape index (κ1) is 12.8. The van der Waals surface area contributed by atoms with Gasteiger partial charge in [0.15, 0.2) is 0 Å². The third-order valence-electron chi connectivity index (χ3n) is 4.58. The first-order valence-corrected chi connectivity index (χ1v) is 7.76. The normalized spacial score (nSPS) is 28.5. The molecule has 0 saturated carbocycles. The van der Waals surface area contributed by atoms with Crippen LogP contribution in [0.15, 0.2) is 41.4 Å². The minimum absolute atomic E-state index is 0.265. The zero-order chi connectivity index (χ0) is 14.1. The van der Waals surface area contributed by atoms with E-state index >= 15 is 0 Å². The van der Waals surface area contributed by atoms with Crippen LogP contribution in [0.4, 0.5) is 0 Å². The van der Waals surface area contributed by atoms with Gasteiger partial charge in [-0.05, 0) is 32.0 Å². The zero-order valence-corrected chi connectivity index (χ0v) is 12.0. The molecular formula is C17H20N4. The second-order valence-electron chi connectivity index (χ2n) is 5.97. The molecule has 1 aliphatic carbocycles. The molecule has 3 aliphatic rings. The minimum atomic E-state index is 0.265. The van der Waals surface area contributed by atoms with E-state index in [4.69, 9.17) is 0 Å². The third kappa shape index (κ3) is 2.51. The van der Waals surface area contributed by atoms with Gasteiger partial charge < -0.3 is 5.32 Å². The molecule has 4 heteroatoms. The molecule has 108 valence electrons. The van der Waals surface area contributed by atoms with E-state index < -0.39 is 0 Å². The molecule has 3 heterocycles. The summed E-state index contributed by atoms with van der Waals surface area (Å²) in [6.45, 7) is 2.20. The highest BCUT2D eigenvalue weighted by molar-refractivity contribution is 6.10. The van der Waals surface area contributed by atoms with E-state index in [9.17, 15) is 0 Å². The highest BCUT2D eigenvalue weighted by atomic mass is 15.1. The van der Waals surface area contributed by atoms with Crippen LogP contribution in [0.2, 0.25) is 0 Å². The van der Waals surface area contributed by atoms with Crippen molar-refractivity contribution in [3.05, 3.63) is 47.8 Å². The summed E-state index contributed by atoms with van der Waals surface area (Å²) >= 11 is 0. The van der Waals surface area contributed by atoms with Gasteiger partial charge in [0, 0.05) is 29.3 Å². The molecule has 0 radical (unpaired) electrons. The topological polar surface area (TPSA) is 53.1 Å². The molecule has 2 atom stereocenters. The van der Waals surface area contributed by atoms with Crippen molar-refractivity contribution < 1.29 is 0 Å². The Morgan fingerprint density at radius 2 is 1.95 bits per heavy atom. The lowest BCUT2D eigenvalue weighted by Crippen LogP contribution is -2.26. The van der Waals surface area contributed by atoms with E-state index in [1.165, 1.54) is 18.5 Å². The Labute approximate surface area is 124 Å². The zero-order valence-electron chi connectivity index (χ0n) is 12.0. The maximum absolute atomic E-state index is 4.64. The average molecular weight is 280 g/mol.